The summed E-state index contributed by atoms with van der Waals surface area (Å²) >= 11 is 7.62. The SMILES string of the molecule is CN1CCC(CNC2CC2)C1c1ncc(Cl)s1. The summed E-state index contributed by atoms with van der Waals surface area (Å²) in [7, 11) is 2.19. The van der Waals surface area contributed by atoms with Gasteiger partial charge in [-0.15, -0.1) is 11.3 Å². The van der Waals surface area contributed by atoms with Gasteiger partial charge in [0.05, 0.1) is 12.2 Å². The maximum Gasteiger partial charge on any atom is 0.113 e. The quantitative estimate of drug-likeness (QED) is 0.912. The van der Waals surface area contributed by atoms with Gasteiger partial charge in [-0.1, -0.05) is 11.6 Å². The molecule has 0 amide bonds. The first kappa shape index (κ1) is 11.9. The third kappa shape index (κ3) is 2.65. The molecule has 3 nitrogen and oxygen atoms in total. The average molecular weight is 272 g/mol. The van der Waals surface area contributed by atoms with E-state index < -0.39 is 0 Å². The molecular formula is C12H18ClN3S. The monoisotopic (exact) mass is 271 g/mol. The minimum atomic E-state index is 0.457. The molecule has 2 aliphatic rings. The van der Waals surface area contributed by atoms with Crippen LogP contribution in [0, 0.1) is 5.92 Å². The van der Waals surface area contributed by atoms with Crippen LogP contribution in [-0.2, 0) is 0 Å². The summed E-state index contributed by atoms with van der Waals surface area (Å²) in [4.78, 5) is 6.87. The Morgan fingerprint density at radius 1 is 1.53 bits per heavy atom. The second-order valence-corrected chi connectivity index (χ2v) is 6.85. The molecule has 1 aliphatic carbocycles. The molecule has 0 spiro atoms. The summed E-state index contributed by atoms with van der Waals surface area (Å²) in [6.45, 7) is 2.29. The highest BCUT2D eigenvalue weighted by Crippen LogP contribution is 2.38. The lowest BCUT2D eigenvalue weighted by Gasteiger charge is -2.23. The van der Waals surface area contributed by atoms with Crippen molar-refractivity contribution in [3.8, 4) is 0 Å². The Kier molecular flexibility index (Phi) is 3.39. The number of hydrogen-bond acceptors (Lipinski definition) is 4. The first-order valence-corrected chi connectivity index (χ1v) is 7.48. The number of nitrogens with one attached hydrogen (secondary N) is 1. The molecule has 1 aromatic heterocycles. The number of halogens is 1. The first-order chi connectivity index (χ1) is 8.24. The second-order valence-electron chi connectivity index (χ2n) is 5.16. The summed E-state index contributed by atoms with van der Waals surface area (Å²) in [5.74, 6) is 0.683. The number of thiazole rings is 1. The zero-order valence-electron chi connectivity index (χ0n) is 10.0. The van der Waals surface area contributed by atoms with Crippen molar-refractivity contribution in [3.05, 3.63) is 15.5 Å². The maximum atomic E-state index is 5.99. The van der Waals surface area contributed by atoms with E-state index in [9.17, 15) is 0 Å². The van der Waals surface area contributed by atoms with Crippen molar-refractivity contribution in [3.63, 3.8) is 0 Å². The van der Waals surface area contributed by atoms with Gasteiger partial charge in [0.2, 0.25) is 0 Å². The van der Waals surface area contributed by atoms with Gasteiger partial charge in [-0.2, -0.15) is 0 Å². The highest BCUT2D eigenvalue weighted by molar-refractivity contribution is 7.15. The van der Waals surface area contributed by atoms with Crippen molar-refractivity contribution in [2.24, 2.45) is 5.92 Å². The molecule has 2 fully saturated rings. The van der Waals surface area contributed by atoms with E-state index in [4.69, 9.17) is 11.6 Å². The zero-order chi connectivity index (χ0) is 11.8. The van der Waals surface area contributed by atoms with Crippen molar-refractivity contribution < 1.29 is 0 Å². The third-order valence-corrected chi connectivity index (χ3v) is 4.95. The highest BCUT2D eigenvalue weighted by Gasteiger charge is 2.35. The molecule has 0 radical (unpaired) electrons. The Morgan fingerprint density at radius 3 is 3.00 bits per heavy atom. The van der Waals surface area contributed by atoms with Gasteiger partial charge in [0.15, 0.2) is 0 Å². The molecule has 94 valence electrons. The Labute approximate surface area is 111 Å². The second kappa shape index (κ2) is 4.84. The van der Waals surface area contributed by atoms with Gasteiger partial charge in [0.1, 0.15) is 9.34 Å². The maximum absolute atomic E-state index is 5.99. The summed E-state index contributed by atoms with van der Waals surface area (Å²) in [6, 6.07) is 1.25. The van der Waals surface area contributed by atoms with E-state index in [0.29, 0.717) is 12.0 Å². The molecule has 2 unspecified atom stereocenters. The molecule has 5 heteroatoms. The fourth-order valence-electron chi connectivity index (χ4n) is 2.64. The van der Waals surface area contributed by atoms with Crippen molar-refractivity contribution in [2.75, 3.05) is 20.1 Å². The van der Waals surface area contributed by atoms with Gasteiger partial charge < -0.3 is 5.32 Å². The lowest BCUT2D eigenvalue weighted by atomic mass is 10.0. The van der Waals surface area contributed by atoms with E-state index in [2.05, 4.69) is 22.2 Å². The molecule has 1 aliphatic heterocycles. The normalized spacial score (nSPS) is 30.0. The van der Waals surface area contributed by atoms with Crippen LogP contribution in [0.4, 0.5) is 0 Å². The van der Waals surface area contributed by atoms with Gasteiger partial charge in [0, 0.05) is 12.6 Å². The Morgan fingerprint density at radius 2 is 2.35 bits per heavy atom. The molecule has 1 N–H and O–H groups in total. The predicted octanol–water partition coefficient (Wildman–Crippen LogP) is 2.54. The minimum absolute atomic E-state index is 0.457. The number of nitrogens with zero attached hydrogens (tertiary/aromatic N) is 2. The van der Waals surface area contributed by atoms with Crippen LogP contribution in [0.2, 0.25) is 4.34 Å². The Balaban J connectivity index is 1.69. The fourth-order valence-corrected chi connectivity index (χ4v) is 3.83. The van der Waals surface area contributed by atoms with Crippen LogP contribution in [-0.4, -0.2) is 36.1 Å². The van der Waals surface area contributed by atoms with E-state index in [0.717, 1.165) is 16.9 Å². The number of aromatic nitrogens is 1. The first-order valence-electron chi connectivity index (χ1n) is 6.29. The molecule has 1 saturated heterocycles. The van der Waals surface area contributed by atoms with Crippen LogP contribution in [0.3, 0.4) is 0 Å². The standard InChI is InChI=1S/C12H18ClN3S/c1-16-5-4-8(6-14-9-2-3-9)11(16)12-15-7-10(13)17-12/h7-9,11,14H,2-6H2,1H3. The fraction of sp³-hybridized carbons (Fsp3) is 0.750. The number of hydrogen-bond donors (Lipinski definition) is 1. The van der Waals surface area contributed by atoms with Crippen LogP contribution in [0.25, 0.3) is 0 Å². The highest BCUT2D eigenvalue weighted by atomic mass is 35.5. The Hall–Kier alpha value is -0.160. The average Bonchev–Trinajstić information content (AvgIpc) is 2.93. The van der Waals surface area contributed by atoms with E-state index >= 15 is 0 Å². The van der Waals surface area contributed by atoms with Gasteiger partial charge in [-0.25, -0.2) is 4.98 Å². The molecular weight excluding hydrogens is 254 g/mol. The van der Waals surface area contributed by atoms with Crippen LogP contribution >= 0.6 is 22.9 Å². The Bertz CT molecular complexity index is 391. The van der Waals surface area contributed by atoms with Crippen LogP contribution in [0.1, 0.15) is 30.3 Å². The topological polar surface area (TPSA) is 28.2 Å². The third-order valence-electron chi connectivity index (χ3n) is 3.77. The number of likely N-dealkylation sites (tertiary alicyclic amines) is 1. The molecule has 17 heavy (non-hydrogen) atoms. The van der Waals surface area contributed by atoms with Gasteiger partial charge in [0.25, 0.3) is 0 Å². The van der Waals surface area contributed by atoms with E-state index in [1.165, 1.54) is 30.8 Å². The zero-order valence-corrected chi connectivity index (χ0v) is 11.6. The lowest BCUT2D eigenvalue weighted by molar-refractivity contribution is 0.271. The van der Waals surface area contributed by atoms with E-state index in [1.807, 2.05) is 0 Å². The van der Waals surface area contributed by atoms with Gasteiger partial charge in [-0.05, 0) is 38.8 Å². The van der Waals surface area contributed by atoms with Crippen molar-refractivity contribution in [2.45, 2.75) is 31.3 Å². The van der Waals surface area contributed by atoms with Crippen LogP contribution in [0.5, 0.6) is 0 Å². The molecule has 2 heterocycles. The van der Waals surface area contributed by atoms with Crippen molar-refractivity contribution in [1.29, 1.82) is 0 Å². The molecule has 1 aromatic rings. The predicted molar refractivity (Wildman–Crippen MR) is 71.6 cm³/mol. The summed E-state index contributed by atoms with van der Waals surface area (Å²) in [6.07, 6.45) is 5.75. The van der Waals surface area contributed by atoms with E-state index in [1.54, 1.807) is 17.5 Å². The van der Waals surface area contributed by atoms with Crippen molar-refractivity contribution >= 4 is 22.9 Å². The molecule has 2 atom stereocenters. The molecule has 0 aromatic carbocycles. The summed E-state index contributed by atoms with van der Waals surface area (Å²) < 4.78 is 0.800. The molecule has 0 bridgehead atoms. The smallest absolute Gasteiger partial charge is 0.113 e. The van der Waals surface area contributed by atoms with E-state index in [-0.39, 0.29) is 0 Å². The largest absolute Gasteiger partial charge is 0.314 e. The van der Waals surface area contributed by atoms with Crippen molar-refractivity contribution in [1.82, 2.24) is 15.2 Å². The van der Waals surface area contributed by atoms with Gasteiger partial charge >= 0.3 is 0 Å². The molecule has 1 saturated carbocycles. The summed E-state index contributed by atoms with van der Waals surface area (Å²) in [5, 5.41) is 4.82. The van der Waals surface area contributed by atoms with Crippen LogP contribution < -0.4 is 5.32 Å². The minimum Gasteiger partial charge on any atom is -0.314 e. The van der Waals surface area contributed by atoms with Gasteiger partial charge in [-0.3, -0.25) is 4.90 Å². The lowest BCUT2D eigenvalue weighted by Crippen LogP contribution is -2.29. The van der Waals surface area contributed by atoms with Crippen LogP contribution in [0.15, 0.2) is 6.20 Å². The molecule has 3 rings (SSSR count). The number of rotatable bonds is 4. The summed E-state index contributed by atoms with van der Waals surface area (Å²) in [5.41, 5.74) is 0.